The third-order valence-corrected chi connectivity index (χ3v) is 4.70. The highest BCUT2D eigenvalue weighted by Crippen LogP contribution is 2.34. The Hall–Kier alpha value is -2.22. The fourth-order valence-electron chi connectivity index (χ4n) is 2.99. The molecule has 0 amide bonds. The molecule has 2 aromatic rings. The second-order valence-corrected chi connectivity index (χ2v) is 9.67. The van der Waals surface area contributed by atoms with E-state index in [2.05, 4.69) is 77.6 Å². The Morgan fingerprint density at radius 3 is 1.48 bits per heavy atom. The van der Waals surface area contributed by atoms with Crippen molar-refractivity contribution in [2.45, 2.75) is 71.8 Å². The molecule has 27 heavy (non-hydrogen) atoms. The van der Waals surface area contributed by atoms with Crippen LogP contribution in [0.2, 0.25) is 0 Å². The van der Waals surface area contributed by atoms with Gasteiger partial charge in [-0.05, 0) is 61.6 Å². The maximum atomic E-state index is 5.70. The van der Waals surface area contributed by atoms with E-state index in [-0.39, 0.29) is 16.4 Å². The van der Waals surface area contributed by atoms with E-state index >= 15 is 0 Å². The molecule has 0 radical (unpaired) electrons. The van der Waals surface area contributed by atoms with Crippen molar-refractivity contribution in [3.63, 3.8) is 0 Å². The van der Waals surface area contributed by atoms with Gasteiger partial charge < -0.3 is 9.47 Å². The van der Waals surface area contributed by atoms with Gasteiger partial charge in [0.25, 0.3) is 5.95 Å². The van der Waals surface area contributed by atoms with Crippen molar-refractivity contribution in [1.82, 2.24) is 0 Å². The SMILES string of the molecule is C=C(Oc1ccc(C(C)(C)c2ccc(C(C)(C)C)cc2)cc1)OC(C)(C)C. The third-order valence-electron chi connectivity index (χ3n) is 4.70. The van der Waals surface area contributed by atoms with Crippen LogP contribution >= 0.6 is 0 Å². The van der Waals surface area contributed by atoms with E-state index in [1.54, 1.807) is 0 Å². The molecule has 0 spiro atoms. The molecular weight excluding hydrogens is 332 g/mol. The number of benzene rings is 2. The first-order chi connectivity index (χ1) is 12.3. The maximum Gasteiger partial charge on any atom is 0.277 e. The van der Waals surface area contributed by atoms with Crippen LogP contribution in [0.25, 0.3) is 0 Å². The van der Waals surface area contributed by atoms with Crippen molar-refractivity contribution < 1.29 is 9.47 Å². The molecule has 0 heterocycles. The van der Waals surface area contributed by atoms with E-state index in [9.17, 15) is 0 Å². The van der Waals surface area contributed by atoms with Gasteiger partial charge in [0.05, 0.1) is 0 Å². The number of ether oxygens (including phenoxy) is 2. The van der Waals surface area contributed by atoms with Crippen molar-refractivity contribution in [1.29, 1.82) is 0 Å². The van der Waals surface area contributed by atoms with Gasteiger partial charge in [0.1, 0.15) is 11.4 Å². The molecule has 0 fully saturated rings. The highest BCUT2D eigenvalue weighted by Gasteiger charge is 2.24. The van der Waals surface area contributed by atoms with Crippen LogP contribution in [-0.4, -0.2) is 5.60 Å². The van der Waals surface area contributed by atoms with Gasteiger partial charge in [0.15, 0.2) is 0 Å². The van der Waals surface area contributed by atoms with Crippen LogP contribution in [0.15, 0.2) is 61.1 Å². The van der Waals surface area contributed by atoms with Gasteiger partial charge in [-0.3, -0.25) is 0 Å². The average Bonchev–Trinajstić information content (AvgIpc) is 2.53. The van der Waals surface area contributed by atoms with E-state index in [1.807, 2.05) is 32.9 Å². The Bertz CT molecular complexity index is 767. The molecule has 2 rings (SSSR count). The molecule has 0 unspecified atom stereocenters. The summed E-state index contributed by atoms with van der Waals surface area (Å²) >= 11 is 0. The summed E-state index contributed by atoms with van der Waals surface area (Å²) < 4.78 is 11.3. The predicted molar refractivity (Wildman–Crippen MR) is 114 cm³/mol. The third kappa shape index (κ3) is 5.63. The van der Waals surface area contributed by atoms with E-state index in [0.717, 1.165) is 5.75 Å². The molecule has 146 valence electrons. The standard InChI is InChI=1S/C25H34O2/c1-18(27-24(5,6)7)26-22-16-14-21(15-17-22)25(8,9)20-12-10-19(11-13-20)23(2,3)4/h10-17H,1H2,2-9H3. The molecule has 2 nitrogen and oxygen atoms in total. The fourth-order valence-corrected chi connectivity index (χ4v) is 2.99. The Kier molecular flexibility index (Phi) is 5.79. The lowest BCUT2D eigenvalue weighted by Gasteiger charge is -2.28. The minimum atomic E-state index is -0.321. The van der Waals surface area contributed by atoms with E-state index in [1.165, 1.54) is 16.7 Å². The maximum absolute atomic E-state index is 5.70. The second kappa shape index (κ2) is 7.42. The Morgan fingerprint density at radius 2 is 1.07 bits per heavy atom. The first-order valence-corrected chi connectivity index (χ1v) is 9.56. The molecule has 0 aliphatic carbocycles. The van der Waals surface area contributed by atoms with Crippen molar-refractivity contribution in [3.8, 4) is 5.75 Å². The fraction of sp³-hybridized carbons (Fsp3) is 0.440. The smallest absolute Gasteiger partial charge is 0.277 e. The summed E-state index contributed by atoms with van der Waals surface area (Å²) in [5, 5.41) is 0. The zero-order valence-electron chi connectivity index (χ0n) is 18.1. The topological polar surface area (TPSA) is 18.5 Å². The molecule has 2 aromatic carbocycles. The summed E-state index contributed by atoms with van der Waals surface area (Å²) in [6.45, 7) is 21.0. The van der Waals surface area contributed by atoms with Crippen LogP contribution < -0.4 is 4.74 Å². The summed E-state index contributed by atoms with van der Waals surface area (Å²) in [7, 11) is 0. The zero-order chi connectivity index (χ0) is 20.5. The summed E-state index contributed by atoms with van der Waals surface area (Å²) in [6, 6.07) is 17.1. The molecule has 2 heteroatoms. The molecule has 0 atom stereocenters. The van der Waals surface area contributed by atoms with Gasteiger partial charge in [-0.15, -0.1) is 0 Å². The molecule has 0 saturated carbocycles. The van der Waals surface area contributed by atoms with Crippen LogP contribution in [0.4, 0.5) is 0 Å². The van der Waals surface area contributed by atoms with Gasteiger partial charge in [0, 0.05) is 5.41 Å². The minimum absolute atomic E-state index is 0.0894. The molecule has 0 aliphatic heterocycles. The predicted octanol–water partition coefficient (Wildman–Crippen LogP) is 6.98. The second-order valence-electron chi connectivity index (χ2n) is 9.67. The van der Waals surface area contributed by atoms with Crippen molar-refractivity contribution in [3.05, 3.63) is 77.7 Å². The van der Waals surface area contributed by atoms with Crippen LogP contribution in [-0.2, 0) is 15.6 Å². The summed E-state index contributed by atoms with van der Waals surface area (Å²) in [5.41, 5.74) is 3.64. The van der Waals surface area contributed by atoms with Gasteiger partial charge in [0.2, 0.25) is 0 Å². The average molecular weight is 367 g/mol. The molecule has 0 aromatic heterocycles. The van der Waals surface area contributed by atoms with Gasteiger partial charge in [-0.1, -0.05) is 71.0 Å². The first kappa shape index (κ1) is 21.1. The number of rotatable bonds is 5. The highest BCUT2D eigenvalue weighted by molar-refractivity contribution is 5.41. The lowest BCUT2D eigenvalue weighted by atomic mass is 9.77. The highest BCUT2D eigenvalue weighted by atomic mass is 16.7. The van der Waals surface area contributed by atoms with Crippen LogP contribution in [0, 0.1) is 0 Å². The molecule has 0 N–H and O–H groups in total. The zero-order valence-corrected chi connectivity index (χ0v) is 18.1. The molecule has 0 bridgehead atoms. The van der Waals surface area contributed by atoms with Crippen molar-refractivity contribution in [2.75, 3.05) is 0 Å². The first-order valence-electron chi connectivity index (χ1n) is 9.56. The van der Waals surface area contributed by atoms with Gasteiger partial charge in [-0.2, -0.15) is 0 Å². The molecular formula is C25H34O2. The number of hydrogen-bond donors (Lipinski definition) is 0. The van der Waals surface area contributed by atoms with Gasteiger partial charge >= 0.3 is 0 Å². The lowest BCUT2D eigenvalue weighted by molar-refractivity contribution is -0.00446. The Morgan fingerprint density at radius 1 is 0.667 bits per heavy atom. The quantitative estimate of drug-likeness (QED) is 0.532. The van der Waals surface area contributed by atoms with E-state index in [4.69, 9.17) is 9.47 Å². The lowest BCUT2D eigenvalue weighted by Crippen LogP contribution is -2.20. The van der Waals surface area contributed by atoms with Gasteiger partial charge in [-0.25, -0.2) is 0 Å². The van der Waals surface area contributed by atoms with Crippen LogP contribution in [0.5, 0.6) is 5.75 Å². The normalized spacial score (nSPS) is 12.6. The van der Waals surface area contributed by atoms with Crippen LogP contribution in [0.1, 0.15) is 72.1 Å². The van der Waals surface area contributed by atoms with E-state index < -0.39 is 0 Å². The monoisotopic (exact) mass is 366 g/mol. The van der Waals surface area contributed by atoms with Crippen molar-refractivity contribution >= 4 is 0 Å². The molecule has 0 aliphatic rings. The van der Waals surface area contributed by atoms with Crippen molar-refractivity contribution in [2.24, 2.45) is 0 Å². The molecule has 0 saturated heterocycles. The summed E-state index contributed by atoms with van der Waals surface area (Å²) in [6.07, 6.45) is 0. The van der Waals surface area contributed by atoms with E-state index in [0.29, 0.717) is 5.95 Å². The number of hydrogen-bond acceptors (Lipinski definition) is 2. The Balaban J connectivity index is 2.16. The van der Waals surface area contributed by atoms with Crippen LogP contribution in [0.3, 0.4) is 0 Å². The summed E-state index contributed by atoms with van der Waals surface area (Å²) in [5.74, 6) is 1.04. The Labute approximate surface area is 165 Å². The largest absolute Gasteiger partial charge is 0.460 e. The minimum Gasteiger partial charge on any atom is -0.460 e. The summed E-state index contributed by atoms with van der Waals surface area (Å²) in [4.78, 5) is 0.